The number of nitrogens with zero attached hydrogens (tertiary/aromatic N) is 4. The number of halogens is 1. The van der Waals surface area contributed by atoms with Crippen molar-refractivity contribution < 1.29 is 17.9 Å². The van der Waals surface area contributed by atoms with Crippen LogP contribution in [-0.2, 0) is 14.6 Å². The molecule has 2 heterocycles. The fourth-order valence-electron chi connectivity index (χ4n) is 4.87. The van der Waals surface area contributed by atoms with E-state index in [1.807, 2.05) is 22.6 Å². The van der Waals surface area contributed by atoms with Gasteiger partial charge in [-0.25, -0.2) is 13.1 Å². The van der Waals surface area contributed by atoms with Crippen molar-refractivity contribution in [2.75, 3.05) is 18.6 Å². The number of methoxy groups -OCH3 is 1. The zero-order valence-corrected chi connectivity index (χ0v) is 21.3. The molecule has 9 nitrogen and oxygen atoms in total. The van der Waals surface area contributed by atoms with Crippen LogP contribution in [0.1, 0.15) is 50.3 Å². The molecule has 1 amide bonds. The van der Waals surface area contributed by atoms with Crippen molar-refractivity contribution in [1.29, 1.82) is 5.26 Å². The van der Waals surface area contributed by atoms with Gasteiger partial charge in [0, 0.05) is 18.7 Å². The highest BCUT2D eigenvalue weighted by atomic mass is 35.5. The van der Waals surface area contributed by atoms with Crippen molar-refractivity contribution in [3.8, 4) is 11.8 Å². The van der Waals surface area contributed by atoms with Gasteiger partial charge in [-0.2, -0.15) is 10.4 Å². The monoisotopic (exact) mass is 517 g/mol. The Morgan fingerprint density at radius 1 is 1.31 bits per heavy atom. The fraction of sp³-hybridized carbons (Fsp3) is 0.542. The molecule has 1 aliphatic heterocycles. The normalized spacial score (nSPS) is 23.4. The summed E-state index contributed by atoms with van der Waals surface area (Å²) in [6, 6.07) is 8.08. The quantitative estimate of drug-likeness (QED) is 0.599. The van der Waals surface area contributed by atoms with Gasteiger partial charge in [0.2, 0.25) is 5.91 Å². The Kier molecular flexibility index (Phi) is 5.96. The number of ether oxygens (including phenoxy) is 1. The Bertz CT molecular complexity index is 1310. The molecule has 11 heteroatoms. The maximum atomic E-state index is 13.7. The summed E-state index contributed by atoms with van der Waals surface area (Å²) >= 11 is 6.33. The minimum Gasteiger partial charge on any atom is -0.497 e. The molecule has 2 aromatic rings. The summed E-state index contributed by atoms with van der Waals surface area (Å²) in [5.74, 6) is 0.875. The maximum Gasteiger partial charge on any atom is 0.244 e. The van der Waals surface area contributed by atoms with E-state index in [2.05, 4.69) is 16.5 Å². The number of rotatable bonds is 7. The molecule has 186 valence electrons. The van der Waals surface area contributed by atoms with Gasteiger partial charge in [-0.3, -0.25) is 4.79 Å². The Labute approximate surface area is 209 Å². The molecule has 1 aromatic heterocycles. The SMILES string of the molecule is COc1ccc(S(=O)(=O)[C@@H]2C[C@@H](C(=O)NC3(C#N)CC3)N(c3cc(C)nn3C3CCC3)C2)c(Cl)c1. The van der Waals surface area contributed by atoms with E-state index in [9.17, 15) is 18.5 Å². The smallest absolute Gasteiger partial charge is 0.244 e. The van der Waals surface area contributed by atoms with Gasteiger partial charge in [-0.1, -0.05) is 11.6 Å². The first-order valence-electron chi connectivity index (χ1n) is 11.8. The Morgan fingerprint density at radius 2 is 2.06 bits per heavy atom. The van der Waals surface area contributed by atoms with E-state index < -0.39 is 26.7 Å². The number of nitrogens with one attached hydrogen (secondary N) is 1. The molecule has 3 fully saturated rings. The molecule has 2 aliphatic carbocycles. The maximum absolute atomic E-state index is 13.7. The molecule has 1 N–H and O–H groups in total. The molecule has 5 rings (SSSR count). The van der Waals surface area contributed by atoms with Crippen LogP contribution in [0.2, 0.25) is 5.02 Å². The van der Waals surface area contributed by atoms with E-state index >= 15 is 0 Å². The van der Waals surface area contributed by atoms with Crippen LogP contribution in [0.15, 0.2) is 29.2 Å². The second-order valence-corrected chi connectivity index (χ2v) is 12.3. The summed E-state index contributed by atoms with van der Waals surface area (Å²) < 4.78 is 34.5. The fourth-order valence-corrected chi connectivity index (χ4v) is 7.10. The standard InChI is InChI=1S/C24H28ClN5O4S/c1-15-10-22(30(28-15)16-4-3-5-16)29-13-18(12-20(29)23(31)27-24(14-26)8-9-24)35(32,33)21-7-6-17(34-2)11-19(21)25/h6-7,10-11,16,18,20H,3-5,8-9,12-13H2,1-2H3,(H,27,31)/t18-,20+/m1/s1. The number of carbonyl (C=O) groups is 1. The average molecular weight is 518 g/mol. The van der Waals surface area contributed by atoms with Gasteiger partial charge in [0.15, 0.2) is 9.84 Å². The Hall–Kier alpha value is -2.77. The van der Waals surface area contributed by atoms with Gasteiger partial charge in [-0.05, 0) is 57.6 Å². The number of benzene rings is 1. The minimum atomic E-state index is -3.86. The number of sulfone groups is 1. The lowest BCUT2D eigenvalue weighted by Gasteiger charge is -2.32. The molecule has 2 atom stereocenters. The van der Waals surface area contributed by atoms with E-state index in [4.69, 9.17) is 16.3 Å². The summed E-state index contributed by atoms with van der Waals surface area (Å²) in [7, 11) is -2.37. The van der Waals surface area contributed by atoms with Crippen molar-refractivity contribution in [2.24, 2.45) is 0 Å². The van der Waals surface area contributed by atoms with Crippen LogP contribution in [-0.4, -0.2) is 54.6 Å². The van der Waals surface area contributed by atoms with Gasteiger partial charge in [0.25, 0.3) is 0 Å². The molecule has 2 saturated carbocycles. The molecular formula is C24H28ClN5O4S. The van der Waals surface area contributed by atoms with Gasteiger partial charge >= 0.3 is 0 Å². The highest BCUT2D eigenvalue weighted by Gasteiger charge is 2.50. The topological polar surface area (TPSA) is 117 Å². The van der Waals surface area contributed by atoms with Crippen LogP contribution in [0.5, 0.6) is 5.75 Å². The lowest BCUT2D eigenvalue weighted by Crippen LogP contribution is -2.48. The third-order valence-corrected chi connectivity index (χ3v) is 9.94. The first-order chi connectivity index (χ1) is 16.7. The largest absolute Gasteiger partial charge is 0.497 e. The molecule has 3 aliphatic rings. The Morgan fingerprint density at radius 3 is 2.63 bits per heavy atom. The first-order valence-corrected chi connectivity index (χ1v) is 13.7. The number of aryl methyl sites for hydroxylation is 1. The van der Waals surface area contributed by atoms with E-state index in [1.54, 1.807) is 6.07 Å². The summed E-state index contributed by atoms with van der Waals surface area (Å²) in [4.78, 5) is 15.3. The minimum absolute atomic E-state index is 0.0188. The lowest BCUT2D eigenvalue weighted by molar-refractivity contribution is -0.122. The third-order valence-electron chi connectivity index (χ3n) is 7.33. The van der Waals surface area contributed by atoms with Crippen LogP contribution in [0.3, 0.4) is 0 Å². The van der Waals surface area contributed by atoms with Crippen LogP contribution >= 0.6 is 11.6 Å². The summed E-state index contributed by atoms with van der Waals surface area (Å²) in [5.41, 5.74) is -0.0328. The summed E-state index contributed by atoms with van der Waals surface area (Å²) in [6.45, 7) is 2.02. The molecule has 0 spiro atoms. The molecule has 35 heavy (non-hydrogen) atoms. The predicted octanol–water partition coefficient (Wildman–Crippen LogP) is 3.17. The van der Waals surface area contributed by atoms with Gasteiger partial charge < -0.3 is 15.0 Å². The number of hydrogen-bond acceptors (Lipinski definition) is 7. The zero-order chi connectivity index (χ0) is 25.0. The number of amides is 1. The van der Waals surface area contributed by atoms with E-state index in [0.717, 1.165) is 30.8 Å². The molecule has 0 radical (unpaired) electrons. The van der Waals surface area contributed by atoms with Crippen molar-refractivity contribution in [3.63, 3.8) is 0 Å². The van der Waals surface area contributed by atoms with Crippen LogP contribution in [0.25, 0.3) is 0 Å². The second-order valence-electron chi connectivity index (χ2n) is 9.72. The number of carbonyl (C=O) groups excluding carboxylic acids is 1. The van der Waals surface area contributed by atoms with Crippen LogP contribution in [0.4, 0.5) is 5.82 Å². The third kappa shape index (κ3) is 4.25. The second kappa shape index (κ2) is 8.71. The van der Waals surface area contributed by atoms with Gasteiger partial charge in [0.05, 0.1) is 40.1 Å². The highest BCUT2D eigenvalue weighted by molar-refractivity contribution is 7.92. The molecular weight excluding hydrogens is 490 g/mol. The van der Waals surface area contributed by atoms with Crippen molar-refractivity contribution in [1.82, 2.24) is 15.1 Å². The molecule has 0 bridgehead atoms. The average Bonchev–Trinajstić information content (AvgIpc) is 3.23. The number of aromatic nitrogens is 2. The summed E-state index contributed by atoms with van der Waals surface area (Å²) in [5, 5.41) is 16.2. The van der Waals surface area contributed by atoms with Gasteiger partial charge in [-0.15, -0.1) is 0 Å². The predicted molar refractivity (Wildman–Crippen MR) is 130 cm³/mol. The van der Waals surface area contributed by atoms with Crippen LogP contribution < -0.4 is 15.0 Å². The van der Waals surface area contributed by atoms with Crippen molar-refractivity contribution >= 4 is 33.2 Å². The number of anilines is 1. The molecule has 1 saturated heterocycles. The summed E-state index contributed by atoms with van der Waals surface area (Å²) in [6.07, 6.45) is 4.41. The zero-order valence-electron chi connectivity index (χ0n) is 19.7. The first kappa shape index (κ1) is 23.9. The molecule has 1 aromatic carbocycles. The number of nitriles is 1. The van der Waals surface area contributed by atoms with Crippen LogP contribution in [0, 0.1) is 18.3 Å². The molecule has 0 unspecified atom stereocenters. The van der Waals surface area contributed by atoms with E-state index in [-0.39, 0.29) is 34.8 Å². The highest BCUT2D eigenvalue weighted by Crippen LogP contribution is 2.40. The van der Waals surface area contributed by atoms with E-state index in [0.29, 0.717) is 18.6 Å². The van der Waals surface area contributed by atoms with E-state index in [1.165, 1.54) is 19.2 Å². The van der Waals surface area contributed by atoms with Gasteiger partial charge in [0.1, 0.15) is 23.1 Å². The van der Waals surface area contributed by atoms with Crippen molar-refractivity contribution in [3.05, 3.63) is 35.0 Å². The van der Waals surface area contributed by atoms with Crippen molar-refractivity contribution in [2.45, 2.75) is 73.2 Å². The Balaban J connectivity index is 1.50. The number of hydrogen-bond donors (Lipinski definition) is 1. The lowest BCUT2D eigenvalue weighted by atomic mass is 9.93.